The first-order valence-electron chi connectivity index (χ1n) is 9.56. The van der Waals surface area contributed by atoms with E-state index in [1.165, 1.54) is 6.92 Å². The van der Waals surface area contributed by atoms with Gasteiger partial charge in [0.15, 0.2) is 0 Å². The van der Waals surface area contributed by atoms with Crippen LogP contribution in [-0.4, -0.2) is 34.8 Å². The molecule has 1 aliphatic rings. The number of anilines is 1. The lowest BCUT2D eigenvalue weighted by atomic mass is 10.1. The molecular weight excluding hydrogens is 406 g/mol. The molecule has 1 saturated heterocycles. The molecule has 2 unspecified atom stereocenters. The van der Waals surface area contributed by atoms with Crippen LogP contribution in [0.5, 0.6) is 5.75 Å². The number of amides is 1. The van der Waals surface area contributed by atoms with Gasteiger partial charge in [-0.15, -0.1) is 0 Å². The van der Waals surface area contributed by atoms with Crippen molar-refractivity contribution in [3.05, 3.63) is 77.8 Å². The Kier molecular flexibility index (Phi) is 6.03. The minimum atomic E-state index is -0.977. The van der Waals surface area contributed by atoms with Crippen LogP contribution in [0.15, 0.2) is 67.3 Å². The smallest absolute Gasteiger partial charge is 0.221 e. The molecule has 1 fully saturated rings. The van der Waals surface area contributed by atoms with E-state index in [0.29, 0.717) is 30.5 Å². The third kappa shape index (κ3) is 4.81. The van der Waals surface area contributed by atoms with Crippen molar-refractivity contribution in [3.8, 4) is 5.75 Å². The Morgan fingerprint density at radius 1 is 1.33 bits per heavy atom. The summed E-state index contributed by atoms with van der Waals surface area (Å²) in [5.74, 6) is -0.410. The molecule has 1 aromatic heterocycles. The van der Waals surface area contributed by atoms with E-state index in [-0.39, 0.29) is 12.0 Å². The van der Waals surface area contributed by atoms with E-state index in [9.17, 15) is 4.79 Å². The fourth-order valence-electron chi connectivity index (χ4n) is 3.35. The van der Waals surface area contributed by atoms with E-state index in [1.54, 1.807) is 36.8 Å². The van der Waals surface area contributed by atoms with Gasteiger partial charge in [0, 0.05) is 35.6 Å². The van der Waals surface area contributed by atoms with Crippen molar-refractivity contribution in [2.75, 3.05) is 18.5 Å². The molecule has 1 aliphatic heterocycles. The second-order valence-corrected chi connectivity index (χ2v) is 7.50. The summed E-state index contributed by atoms with van der Waals surface area (Å²) in [4.78, 5) is 15.2. The first-order valence-corrected chi connectivity index (χ1v) is 9.94. The first-order chi connectivity index (χ1) is 14.5. The fraction of sp³-hybridized carbons (Fsp3) is 0.273. The van der Waals surface area contributed by atoms with Crippen LogP contribution in [0.4, 0.5) is 5.69 Å². The van der Waals surface area contributed by atoms with Crippen LogP contribution < -0.4 is 10.1 Å². The zero-order valence-corrected chi connectivity index (χ0v) is 17.2. The molecule has 0 aliphatic carbocycles. The average Bonchev–Trinajstić information content (AvgIpc) is 3.38. The molecular formula is C22H22ClN3O4. The maximum absolute atomic E-state index is 11.1. The Hall–Kier alpha value is -2.87. The molecule has 0 saturated carbocycles. The third-order valence-corrected chi connectivity index (χ3v) is 4.92. The highest BCUT2D eigenvalue weighted by Crippen LogP contribution is 2.37. The van der Waals surface area contributed by atoms with Crippen LogP contribution in [0, 0.1) is 0 Å². The summed E-state index contributed by atoms with van der Waals surface area (Å²) in [7, 11) is 0. The minimum absolute atomic E-state index is 0.115. The van der Waals surface area contributed by atoms with Gasteiger partial charge < -0.3 is 24.1 Å². The molecule has 30 heavy (non-hydrogen) atoms. The SMILES string of the molecule is CC(=O)Nc1ccc(OCC2COC(Cn3ccnc3)(c3cccc(Cl)c3)O2)cc1. The van der Waals surface area contributed by atoms with Crippen molar-refractivity contribution >= 4 is 23.2 Å². The van der Waals surface area contributed by atoms with Gasteiger partial charge in [0.1, 0.15) is 18.5 Å². The van der Waals surface area contributed by atoms with Gasteiger partial charge in [0.25, 0.3) is 0 Å². The number of imidazole rings is 1. The molecule has 4 rings (SSSR count). The molecule has 1 amide bonds. The number of benzene rings is 2. The number of hydrogen-bond donors (Lipinski definition) is 1. The summed E-state index contributed by atoms with van der Waals surface area (Å²) >= 11 is 6.21. The van der Waals surface area contributed by atoms with Crippen molar-refractivity contribution in [3.63, 3.8) is 0 Å². The molecule has 2 aromatic carbocycles. The standard InChI is InChI=1S/C22H22ClN3O4/c1-16(27)25-19-5-7-20(8-6-19)28-12-21-13-29-22(30-21,14-26-10-9-24-15-26)17-3-2-4-18(23)11-17/h2-11,15,21H,12-14H2,1H3,(H,25,27). The Labute approximate surface area is 179 Å². The maximum Gasteiger partial charge on any atom is 0.221 e. The van der Waals surface area contributed by atoms with E-state index in [1.807, 2.05) is 35.0 Å². The van der Waals surface area contributed by atoms with Crippen molar-refractivity contribution in [2.45, 2.75) is 25.4 Å². The topological polar surface area (TPSA) is 74.6 Å². The van der Waals surface area contributed by atoms with Crippen molar-refractivity contribution in [1.82, 2.24) is 9.55 Å². The van der Waals surface area contributed by atoms with Crippen LogP contribution in [0.1, 0.15) is 12.5 Å². The van der Waals surface area contributed by atoms with Gasteiger partial charge in [-0.2, -0.15) is 0 Å². The number of rotatable bonds is 7. The zero-order chi connectivity index (χ0) is 21.0. The van der Waals surface area contributed by atoms with Crippen LogP contribution in [0.2, 0.25) is 5.02 Å². The Bertz CT molecular complexity index is 994. The number of nitrogens with one attached hydrogen (secondary N) is 1. The molecule has 3 aromatic rings. The quantitative estimate of drug-likeness (QED) is 0.620. The zero-order valence-electron chi connectivity index (χ0n) is 16.5. The van der Waals surface area contributed by atoms with E-state index >= 15 is 0 Å². The second-order valence-electron chi connectivity index (χ2n) is 7.07. The van der Waals surface area contributed by atoms with Crippen LogP contribution >= 0.6 is 11.6 Å². The van der Waals surface area contributed by atoms with Gasteiger partial charge in [-0.3, -0.25) is 4.79 Å². The Morgan fingerprint density at radius 3 is 2.87 bits per heavy atom. The highest BCUT2D eigenvalue weighted by molar-refractivity contribution is 6.30. The predicted molar refractivity (Wildman–Crippen MR) is 112 cm³/mol. The summed E-state index contributed by atoms with van der Waals surface area (Å²) in [5.41, 5.74) is 1.56. The lowest BCUT2D eigenvalue weighted by molar-refractivity contribution is -0.189. The maximum atomic E-state index is 11.1. The largest absolute Gasteiger partial charge is 0.491 e. The summed E-state index contributed by atoms with van der Waals surface area (Å²) in [6, 6.07) is 14.7. The number of carbonyl (C=O) groups excluding carboxylic acids is 1. The molecule has 0 spiro atoms. The highest BCUT2D eigenvalue weighted by atomic mass is 35.5. The van der Waals surface area contributed by atoms with E-state index < -0.39 is 5.79 Å². The van der Waals surface area contributed by atoms with Gasteiger partial charge >= 0.3 is 0 Å². The molecule has 2 heterocycles. The van der Waals surface area contributed by atoms with Crippen LogP contribution in [-0.2, 0) is 26.6 Å². The van der Waals surface area contributed by atoms with Gasteiger partial charge in [0.2, 0.25) is 11.7 Å². The second kappa shape index (κ2) is 8.87. The van der Waals surface area contributed by atoms with E-state index in [2.05, 4.69) is 10.3 Å². The summed E-state index contributed by atoms with van der Waals surface area (Å²) < 4.78 is 20.3. The number of halogens is 1. The van der Waals surface area contributed by atoms with Crippen molar-refractivity contribution in [1.29, 1.82) is 0 Å². The van der Waals surface area contributed by atoms with E-state index in [4.69, 9.17) is 25.8 Å². The van der Waals surface area contributed by atoms with Gasteiger partial charge in [-0.1, -0.05) is 23.7 Å². The lowest BCUT2D eigenvalue weighted by Gasteiger charge is -2.29. The van der Waals surface area contributed by atoms with Crippen molar-refractivity contribution in [2.24, 2.45) is 0 Å². The monoisotopic (exact) mass is 427 g/mol. The number of nitrogens with zero attached hydrogens (tertiary/aromatic N) is 2. The van der Waals surface area contributed by atoms with Gasteiger partial charge in [-0.05, 0) is 36.4 Å². The average molecular weight is 428 g/mol. The van der Waals surface area contributed by atoms with Gasteiger partial charge in [-0.25, -0.2) is 4.98 Å². The number of hydrogen-bond acceptors (Lipinski definition) is 5. The molecule has 0 bridgehead atoms. The third-order valence-electron chi connectivity index (χ3n) is 4.68. The summed E-state index contributed by atoms with van der Waals surface area (Å²) in [6.45, 7) is 2.62. The fourth-order valence-corrected chi connectivity index (χ4v) is 3.54. The number of carbonyl (C=O) groups is 1. The number of ether oxygens (including phenoxy) is 3. The molecule has 156 valence electrons. The molecule has 1 N–H and O–H groups in total. The summed E-state index contributed by atoms with van der Waals surface area (Å²) in [6.07, 6.45) is 5.03. The molecule has 8 heteroatoms. The molecule has 7 nitrogen and oxygen atoms in total. The number of aromatic nitrogens is 2. The molecule has 0 radical (unpaired) electrons. The van der Waals surface area contributed by atoms with E-state index in [0.717, 1.165) is 11.3 Å². The Balaban J connectivity index is 1.44. The summed E-state index contributed by atoms with van der Waals surface area (Å²) in [5, 5.41) is 3.34. The normalized spacial score (nSPS) is 20.8. The molecule has 2 atom stereocenters. The van der Waals surface area contributed by atoms with Crippen molar-refractivity contribution < 1.29 is 19.0 Å². The van der Waals surface area contributed by atoms with Crippen LogP contribution in [0.25, 0.3) is 0 Å². The van der Waals surface area contributed by atoms with Gasteiger partial charge in [0.05, 0.1) is 19.5 Å². The predicted octanol–water partition coefficient (Wildman–Crippen LogP) is 3.84. The van der Waals surface area contributed by atoms with Crippen LogP contribution in [0.3, 0.4) is 0 Å². The first kappa shape index (κ1) is 20.4. The minimum Gasteiger partial charge on any atom is -0.491 e. The Morgan fingerprint density at radius 2 is 2.17 bits per heavy atom. The highest BCUT2D eigenvalue weighted by Gasteiger charge is 2.44. The lowest BCUT2D eigenvalue weighted by Crippen LogP contribution is -2.34.